The molecule has 3 aromatic carbocycles. The SMILES string of the molecule is CCC=Nc1cc(CC(C)C/C=C\C(=C/CC)C2=CC3c4ccccc4-c4ccccc4C3C=C2)c(C)c2ccc(CC)nc12. The number of fused-ring (bicyclic) bond motifs is 7. The molecule has 2 heteroatoms. The average Bonchev–Trinajstić information content (AvgIpc) is 3.08. The molecule has 0 N–H and O–H groups in total. The van der Waals surface area contributed by atoms with Crippen LogP contribution in [0, 0.1) is 12.8 Å². The van der Waals surface area contributed by atoms with Gasteiger partial charge in [0.25, 0.3) is 0 Å². The molecule has 1 aromatic heterocycles. The second-order valence-electron chi connectivity index (χ2n) is 12.7. The van der Waals surface area contributed by atoms with Crippen LogP contribution in [-0.2, 0) is 12.8 Å². The average molecular weight is 591 g/mol. The lowest BCUT2D eigenvalue weighted by molar-refractivity contribution is 0.588. The van der Waals surface area contributed by atoms with Gasteiger partial charge in [0, 0.05) is 29.1 Å². The summed E-state index contributed by atoms with van der Waals surface area (Å²) in [5, 5.41) is 1.23. The lowest BCUT2D eigenvalue weighted by Gasteiger charge is -2.35. The van der Waals surface area contributed by atoms with Crippen LogP contribution in [0.1, 0.15) is 86.7 Å². The minimum Gasteiger partial charge on any atom is -0.259 e. The topological polar surface area (TPSA) is 25.2 Å². The number of hydrogen-bond donors (Lipinski definition) is 0. The standard InChI is InChI=1S/C43H46N2/c1-6-14-31(32-21-23-40-38-19-10-9-17-36(38)37-18-11-12-20-39(37)41(40)27-32)16-13-15-29(4)26-33-28-42(44-25-7-2)43-35(30(33)5)24-22-34(8-3)45-43/h9-14,16-25,27-29,40-41H,6-8,15,26H2,1-5H3/b16-13-,31-14+,44-25?. The van der Waals surface area contributed by atoms with Gasteiger partial charge in [0.15, 0.2) is 0 Å². The Kier molecular flexibility index (Phi) is 9.40. The molecule has 0 saturated carbocycles. The van der Waals surface area contributed by atoms with Gasteiger partial charge in [0.1, 0.15) is 0 Å². The maximum absolute atomic E-state index is 4.97. The third kappa shape index (κ3) is 6.29. The number of aliphatic imine (C=N–C) groups is 1. The summed E-state index contributed by atoms with van der Waals surface area (Å²) in [7, 11) is 0. The molecule has 2 aliphatic carbocycles. The first-order valence-corrected chi connectivity index (χ1v) is 16.9. The van der Waals surface area contributed by atoms with E-state index in [2.05, 4.69) is 138 Å². The van der Waals surface area contributed by atoms with E-state index in [1.807, 2.05) is 6.21 Å². The zero-order valence-electron chi connectivity index (χ0n) is 27.6. The Morgan fingerprint density at radius 3 is 2.36 bits per heavy atom. The van der Waals surface area contributed by atoms with Crippen LogP contribution < -0.4 is 0 Å². The Hall–Kier alpha value is -4.30. The van der Waals surface area contributed by atoms with Crippen molar-refractivity contribution < 1.29 is 0 Å². The maximum Gasteiger partial charge on any atom is 0.0964 e. The van der Waals surface area contributed by atoms with E-state index in [0.717, 1.165) is 49.0 Å². The zero-order chi connectivity index (χ0) is 31.3. The Bertz CT molecular complexity index is 1850. The van der Waals surface area contributed by atoms with Gasteiger partial charge in [-0.1, -0.05) is 119 Å². The molecule has 4 aromatic rings. The highest BCUT2D eigenvalue weighted by Crippen LogP contribution is 2.50. The number of aryl methyl sites for hydroxylation is 2. The van der Waals surface area contributed by atoms with E-state index in [4.69, 9.17) is 9.98 Å². The van der Waals surface area contributed by atoms with E-state index in [-0.39, 0.29) is 0 Å². The third-order valence-corrected chi connectivity index (χ3v) is 9.49. The molecule has 228 valence electrons. The number of nitrogens with zero attached hydrogens (tertiary/aromatic N) is 2. The predicted octanol–water partition coefficient (Wildman–Crippen LogP) is 11.7. The molecule has 0 amide bonds. The fraction of sp³-hybridized carbons (Fsp3) is 0.302. The summed E-state index contributed by atoms with van der Waals surface area (Å²) in [4.78, 5) is 9.79. The van der Waals surface area contributed by atoms with Gasteiger partial charge < -0.3 is 0 Å². The van der Waals surface area contributed by atoms with Crippen molar-refractivity contribution in [3.8, 4) is 11.1 Å². The fourth-order valence-electron chi connectivity index (χ4n) is 7.12. The van der Waals surface area contributed by atoms with Crippen molar-refractivity contribution in [2.24, 2.45) is 10.9 Å². The summed E-state index contributed by atoms with van der Waals surface area (Å²) in [5.41, 5.74) is 14.1. The van der Waals surface area contributed by atoms with Crippen LogP contribution >= 0.6 is 0 Å². The number of hydrogen-bond acceptors (Lipinski definition) is 2. The van der Waals surface area contributed by atoms with Gasteiger partial charge >= 0.3 is 0 Å². The Labute approximate surface area is 270 Å². The van der Waals surface area contributed by atoms with Crippen LogP contribution in [0.4, 0.5) is 5.69 Å². The first kappa shape index (κ1) is 30.7. The Morgan fingerprint density at radius 1 is 0.911 bits per heavy atom. The van der Waals surface area contributed by atoms with Gasteiger partial charge in [-0.2, -0.15) is 0 Å². The summed E-state index contributed by atoms with van der Waals surface area (Å²) in [6.07, 6.45) is 21.3. The smallest absolute Gasteiger partial charge is 0.0964 e. The van der Waals surface area contributed by atoms with Crippen LogP contribution in [0.15, 0.2) is 119 Å². The molecule has 2 aliphatic rings. The van der Waals surface area contributed by atoms with E-state index >= 15 is 0 Å². The lowest BCUT2D eigenvalue weighted by Crippen LogP contribution is -2.17. The van der Waals surface area contributed by atoms with Crippen LogP contribution in [0.5, 0.6) is 0 Å². The van der Waals surface area contributed by atoms with E-state index in [1.165, 1.54) is 49.9 Å². The van der Waals surface area contributed by atoms with Crippen molar-refractivity contribution >= 4 is 22.8 Å². The molecule has 6 rings (SSSR count). The summed E-state index contributed by atoms with van der Waals surface area (Å²) in [6.45, 7) is 11.1. The second kappa shape index (κ2) is 13.8. The lowest BCUT2D eigenvalue weighted by atomic mass is 9.69. The minimum absolute atomic E-state index is 0.354. The van der Waals surface area contributed by atoms with E-state index < -0.39 is 0 Å². The van der Waals surface area contributed by atoms with Crippen LogP contribution in [0.3, 0.4) is 0 Å². The molecule has 0 radical (unpaired) electrons. The molecule has 3 atom stereocenters. The van der Waals surface area contributed by atoms with E-state index in [1.54, 1.807) is 0 Å². The highest BCUT2D eigenvalue weighted by molar-refractivity contribution is 5.94. The molecular formula is C43H46N2. The van der Waals surface area contributed by atoms with Gasteiger partial charge in [-0.3, -0.25) is 9.98 Å². The van der Waals surface area contributed by atoms with Crippen LogP contribution in [-0.4, -0.2) is 11.2 Å². The Morgan fingerprint density at radius 2 is 1.64 bits per heavy atom. The summed E-state index contributed by atoms with van der Waals surface area (Å²) in [5.74, 6) is 1.24. The largest absolute Gasteiger partial charge is 0.259 e. The third-order valence-electron chi connectivity index (χ3n) is 9.49. The van der Waals surface area contributed by atoms with Gasteiger partial charge in [0.2, 0.25) is 0 Å². The minimum atomic E-state index is 0.354. The quantitative estimate of drug-likeness (QED) is 0.133. The van der Waals surface area contributed by atoms with Crippen molar-refractivity contribution in [3.05, 3.63) is 142 Å². The zero-order valence-corrected chi connectivity index (χ0v) is 27.6. The molecule has 3 unspecified atom stereocenters. The number of pyridine rings is 1. The monoisotopic (exact) mass is 590 g/mol. The molecule has 0 bridgehead atoms. The summed E-state index contributed by atoms with van der Waals surface area (Å²) >= 11 is 0. The predicted molar refractivity (Wildman–Crippen MR) is 194 cm³/mol. The Balaban J connectivity index is 1.22. The summed E-state index contributed by atoms with van der Waals surface area (Å²) in [6, 6.07) is 24.6. The van der Waals surface area contributed by atoms with Crippen molar-refractivity contribution in [2.45, 2.75) is 78.6 Å². The van der Waals surface area contributed by atoms with Gasteiger partial charge in [-0.25, -0.2) is 0 Å². The highest BCUT2D eigenvalue weighted by atomic mass is 14.8. The van der Waals surface area contributed by atoms with Gasteiger partial charge in [0.05, 0.1) is 11.2 Å². The van der Waals surface area contributed by atoms with Gasteiger partial charge in [-0.05, 0) is 102 Å². The molecule has 2 nitrogen and oxygen atoms in total. The maximum atomic E-state index is 4.97. The van der Waals surface area contributed by atoms with Crippen molar-refractivity contribution in [3.63, 3.8) is 0 Å². The first-order valence-electron chi connectivity index (χ1n) is 16.9. The van der Waals surface area contributed by atoms with Crippen LogP contribution in [0.2, 0.25) is 0 Å². The normalized spacial score (nSPS) is 18.2. The molecule has 1 heterocycles. The molecule has 0 saturated heterocycles. The number of benzene rings is 3. The number of aromatic nitrogens is 1. The second-order valence-corrected chi connectivity index (χ2v) is 12.7. The van der Waals surface area contributed by atoms with Crippen LogP contribution in [0.25, 0.3) is 22.0 Å². The van der Waals surface area contributed by atoms with Crippen molar-refractivity contribution in [1.82, 2.24) is 4.98 Å². The molecule has 45 heavy (non-hydrogen) atoms. The fourth-order valence-corrected chi connectivity index (χ4v) is 7.12. The van der Waals surface area contributed by atoms with Gasteiger partial charge in [-0.15, -0.1) is 0 Å². The number of rotatable bonds is 10. The molecule has 0 fully saturated rings. The highest BCUT2D eigenvalue weighted by Gasteiger charge is 2.32. The van der Waals surface area contributed by atoms with Crippen molar-refractivity contribution in [1.29, 1.82) is 0 Å². The first-order chi connectivity index (χ1) is 22.0. The van der Waals surface area contributed by atoms with E-state index in [0.29, 0.717) is 17.8 Å². The molecule has 0 spiro atoms. The van der Waals surface area contributed by atoms with Crippen molar-refractivity contribution in [2.75, 3.05) is 0 Å². The number of allylic oxidation sites excluding steroid dienone is 8. The van der Waals surface area contributed by atoms with E-state index in [9.17, 15) is 0 Å². The summed E-state index contributed by atoms with van der Waals surface area (Å²) < 4.78 is 0. The molecule has 0 aliphatic heterocycles. The molecular weight excluding hydrogens is 544 g/mol.